The van der Waals surface area contributed by atoms with E-state index in [1.54, 1.807) is 6.07 Å². The molecule has 3 nitrogen and oxygen atoms in total. The van der Waals surface area contributed by atoms with Crippen LogP contribution in [0.3, 0.4) is 0 Å². The van der Waals surface area contributed by atoms with Crippen LogP contribution < -0.4 is 11.1 Å². The van der Waals surface area contributed by atoms with Gasteiger partial charge in [-0.1, -0.05) is 0 Å². The van der Waals surface area contributed by atoms with Gasteiger partial charge >= 0.3 is 0 Å². The maximum atomic E-state index is 5.34. The van der Waals surface area contributed by atoms with Gasteiger partial charge in [0.2, 0.25) is 0 Å². The molecule has 0 aliphatic rings. The first-order chi connectivity index (χ1) is 6.36. The molecule has 0 saturated carbocycles. The Labute approximate surface area is 78.3 Å². The van der Waals surface area contributed by atoms with Crippen LogP contribution in [0.25, 0.3) is 0 Å². The fourth-order valence-corrected chi connectivity index (χ4v) is 0.989. The number of furan rings is 1. The van der Waals surface area contributed by atoms with Crippen LogP contribution in [0.4, 0.5) is 0 Å². The normalized spacial score (nSPS) is 9.85. The topological polar surface area (TPSA) is 51.2 Å². The van der Waals surface area contributed by atoms with E-state index in [9.17, 15) is 0 Å². The first-order valence-electron chi connectivity index (χ1n) is 4.33. The van der Waals surface area contributed by atoms with E-state index < -0.39 is 0 Å². The minimum atomic E-state index is 0.579. The number of hydrogen-bond acceptors (Lipinski definition) is 3. The molecule has 0 amide bonds. The van der Waals surface area contributed by atoms with Gasteiger partial charge in [-0.2, -0.15) is 0 Å². The Hall–Kier alpha value is -1.24. The van der Waals surface area contributed by atoms with Crippen LogP contribution in [0.1, 0.15) is 17.9 Å². The zero-order chi connectivity index (χ0) is 9.52. The van der Waals surface area contributed by atoms with Crippen LogP contribution in [0, 0.1) is 12.3 Å². The molecule has 1 heterocycles. The number of nitrogens with one attached hydrogen (secondary N) is 1. The summed E-state index contributed by atoms with van der Waals surface area (Å²) in [5.74, 6) is 3.88. The summed E-state index contributed by atoms with van der Waals surface area (Å²) in [6, 6.07) is 3.67. The fraction of sp³-hybridized carbons (Fsp3) is 0.400. The molecule has 0 radical (unpaired) electrons. The second-order valence-corrected chi connectivity index (χ2v) is 2.73. The lowest BCUT2D eigenvalue weighted by molar-refractivity contribution is 0.474. The smallest absolute Gasteiger partial charge is 0.176 e. The molecule has 3 heteroatoms. The van der Waals surface area contributed by atoms with Crippen molar-refractivity contribution in [3.63, 3.8) is 0 Å². The van der Waals surface area contributed by atoms with Gasteiger partial charge in [0, 0.05) is 0 Å². The Balaban J connectivity index is 2.25. The van der Waals surface area contributed by atoms with E-state index in [1.807, 2.05) is 6.07 Å². The van der Waals surface area contributed by atoms with Crippen LogP contribution in [-0.2, 0) is 6.54 Å². The molecular formula is C10H14N2O. The summed E-state index contributed by atoms with van der Waals surface area (Å²) < 4.78 is 5.28. The fourth-order valence-electron chi connectivity index (χ4n) is 0.989. The summed E-state index contributed by atoms with van der Waals surface area (Å²) >= 11 is 0. The van der Waals surface area contributed by atoms with E-state index in [4.69, 9.17) is 16.6 Å². The van der Waals surface area contributed by atoms with Gasteiger partial charge in [-0.15, -0.1) is 6.42 Å². The Kier molecular flexibility index (Phi) is 4.10. The van der Waals surface area contributed by atoms with Crippen LogP contribution in [-0.4, -0.2) is 13.1 Å². The number of rotatable bonds is 5. The minimum Gasteiger partial charge on any atom is -0.451 e. The summed E-state index contributed by atoms with van der Waals surface area (Å²) in [6.45, 7) is 2.32. The van der Waals surface area contributed by atoms with Crippen molar-refractivity contribution in [2.24, 2.45) is 5.73 Å². The molecule has 0 unspecified atom stereocenters. The van der Waals surface area contributed by atoms with Crippen molar-refractivity contribution in [3.8, 4) is 12.3 Å². The molecule has 0 aliphatic heterocycles. The molecule has 70 valence electrons. The Bertz CT molecular complexity index is 285. The van der Waals surface area contributed by atoms with E-state index in [0.29, 0.717) is 18.8 Å². The molecule has 1 aromatic rings. The van der Waals surface area contributed by atoms with E-state index >= 15 is 0 Å². The average Bonchev–Trinajstić information content (AvgIpc) is 2.60. The maximum absolute atomic E-state index is 5.34. The van der Waals surface area contributed by atoms with Gasteiger partial charge in [0.1, 0.15) is 5.76 Å². The Morgan fingerprint density at radius 2 is 2.38 bits per heavy atom. The highest BCUT2D eigenvalue weighted by atomic mass is 16.3. The molecule has 0 aliphatic carbocycles. The van der Waals surface area contributed by atoms with Crippen LogP contribution in [0.5, 0.6) is 0 Å². The summed E-state index contributed by atoms with van der Waals surface area (Å²) in [6.07, 6.45) is 6.13. The van der Waals surface area contributed by atoms with E-state index in [2.05, 4.69) is 11.2 Å². The standard InChI is InChI=1S/C10H14N2O/c1-2-9-4-5-10(13-9)8-12-7-3-6-11/h1,4-5,12H,3,6-8,11H2. The Morgan fingerprint density at radius 1 is 1.54 bits per heavy atom. The number of nitrogens with two attached hydrogens (primary N) is 1. The third-order valence-electron chi connectivity index (χ3n) is 1.66. The van der Waals surface area contributed by atoms with Crippen LogP contribution in [0.15, 0.2) is 16.5 Å². The zero-order valence-electron chi connectivity index (χ0n) is 7.55. The average molecular weight is 178 g/mol. The second kappa shape index (κ2) is 5.41. The molecule has 1 rings (SSSR count). The molecule has 1 aromatic heterocycles. The SMILES string of the molecule is C#Cc1ccc(CNCCCN)o1. The van der Waals surface area contributed by atoms with Crippen molar-refractivity contribution in [3.05, 3.63) is 23.7 Å². The number of terminal acetylenes is 1. The van der Waals surface area contributed by atoms with Gasteiger partial charge in [0.25, 0.3) is 0 Å². The van der Waals surface area contributed by atoms with Gasteiger partial charge in [-0.25, -0.2) is 0 Å². The molecule has 0 aromatic carbocycles. The van der Waals surface area contributed by atoms with E-state index in [1.165, 1.54) is 0 Å². The molecule has 0 spiro atoms. The van der Waals surface area contributed by atoms with Crippen molar-refractivity contribution in [2.75, 3.05) is 13.1 Å². The van der Waals surface area contributed by atoms with Gasteiger partial charge in [-0.05, 0) is 37.6 Å². The highest BCUT2D eigenvalue weighted by Crippen LogP contribution is 2.05. The molecule has 13 heavy (non-hydrogen) atoms. The van der Waals surface area contributed by atoms with Crippen LogP contribution >= 0.6 is 0 Å². The van der Waals surface area contributed by atoms with Crippen molar-refractivity contribution in [1.29, 1.82) is 0 Å². The predicted octanol–water partition coefficient (Wildman–Crippen LogP) is 0.699. The lowest BCUT2D eigenvalue weighted by Gasteiger charge is -1.99. The largest absolute Gasteiger partial charge is 0.451 e. The van der Waals surface area contributed by atoms with Crippen LogP contribution in [0.2, 0.25) is 0 Å². The summed E-state index contributed by atoms with van der Waals surface area (Å²) in [5, 5.41) is 3.20. The quantitative estimate of drug-likeness (QED) is 0.515. The molecule has 0 atom stereocenters. The van der Waals surface area contributed by atoms with Gasteiger partial charge < -0.3 is 15.5 Å². The lowest BCUT2D eigenvalue weighted by Crippen LogP contribution is -2.17. The maximum Gasteiger partial charge on any atom is 0.176 e. The van der Waals surface area contributed by atoms with Gasteiger partial charge in [0.05, 0.1) is 6.54 Å². The second-order valence-electron chi connectivity index (χ2n) is 2.73. The van der Waals surface area contributed by atoms with Crippen molar-refractivity contribution < 1.29 is 4.42 Å². The zero-order valence-corrected chi connectivity index (χ0v) is 7.55. The summed E-state index contributed by atoms with van der Waals surface area (Å²) in [7, 11) is 0. The van der Waals surface area contributed by atoms with E-state index in [0.717, 1.165) is 18.7 Å². The van der Waals surface area contributed by atoms with Crippen molar-refractivity contribution >= 4 is 0 Å². The third-order valence-corrected chi connectivity index (χ3v) is 1.66. The monoisotopic (exact) mass is 178 g/mol. The first kappa shape index (κ1) is 9.85. The predicted molar refractivity (Wildman–Crippen MR) is 52.0 cm³/mol. The highest BCUT2D eigenvalue weighted by molar-refractivity contribution is 5.22. The third kappa shape index (κ3) is 3.32. The van der Waals surface area contributed by atoms with Gasteiger partial charge in [0.15, 0.2) is 5.76 Å². The van der Waals surface area contributed by atoms with E-state index in [-0.39, 0.29) is 0 Å². The highest BCUT2D eigenvalue weighted by Gasteiger charge is 1.97. The lowest BCUT2D eigenvalue weighted by atomic mass is 10.4. The van der Waals surface area contributed by atoms with Gasteiger partial charge in [-0.3, -0.25) is 0 Å². The van der Waals surface area contributed by atoms with Crippen molar-refractivity contribution in [2.45, 2.75) is 13.0 Å². The number of hydrogen-bond donors (Lipinski definition) is 2. The Morgan fingerprint density at radius 3 is 3.00 bits per heavy atom. The molecule has 0 saturated heterocycles. The molecule has 0 fully saturated rings. The summed E-state index contributed by atoms with van der Waals surface area (Å²) in [4.78, 5) is 0. The first-order valence-corrected chi connectivity index (χ1v) is 4.33. The minimum absolute atomic E-state index is 0.579. The van der Waals surface area contributed by atoms with Crippen molar-refractivity contribution in [1.82, 2.24) is 5.32 Å². The molecular weight excluding hydrogens is 164 g/mol. The molecule has 0 bridgehead atoms. The molecule has 3 N–H and O–H groups in total. The summed E-state index contributed by atoms with van der Waals surface area (Å²) in [5.41, 5.74) is 5.34.